The number of rotatable bonds is 4. The first-order valence-corrected chi connectivity index (χ1v) is 4.67. The van der Waals surface area contributed by atoms with E-state index < -0.39 is 11.0 Å². The standard InChI is InChI=1S/C10H14N2O3/c1-7-3-4-10(12(14)15)9(5-7)11-6-8(2)13/h3-5,8,11,13H,6H2,1-2H3/t8-/m0/s1. The first-order valence-electron chi connectivity index (χ1n) is 4.67. The van der Waals surface area contributed by atoms with Crippen LogP contribution in [-0.4, -0.2) is 22.7 Å². The van der Waals surface area contributed by atoms with Gasteiger partial charge in [0.15, 0.2) is 0 Å². The first kappa shape index (κ1) is 11.5. The highest BCUT2D eigenvalue weighted by atomic mass is 16.6. The van der Waals surface area contributed by atoms with Crippen molar-refractivity contribution in [3.05, 3.63) is 33.9 Å². The first-order chi connectivity index (χ1) is 7.00. The third-order valence-corrected chi connectivity index (χ3v) is 1.94. The summed E-state index contributed by atoms with van der Waals surface area (Å²) in [7, 11) is 0. The van der Waals surface area contributed by atoms with Crippen LogP contribution in [0.25, 0.3) is 0 Å². The van der Waals surface area contributed by atoms with Crippen LogP contribution in [0.3, 0.4) is 0 Å². The smallest absolute Gasteiger partial charge is 0.292 e. The Morgan fingerprint density at radius 1 is 1.60 bits per heavy atom. The van der Waals surface area contributed by atoms with Gasteiger partial charge in [-0.1, -0.05) is 6.07 Å². The topological polar surface area (TPSA) is 75.4 Å². The minimum absolute atomic E-state index is 0.0289. The van der Waals surface area contributed by atoms with Crippen LogP contribution in [0, 0.1) is 17.0 Å². The van der Waals surface area contributed by atoms with Crippen molar-refractivity contribution in [1.29, 1.82) is 0 Å². The summed E-state index contributed by atoms with van der Waals surface area (Å²) < 4.78 is 0. The number of nitrogens with zero attached hydrogens (tertiary/aromatic N) is 1. The molecule has 0 aliphatic carbocycles. The van der Waals surface area contributed by atoms with E-state index in [0.29, 0.717) is 12.2 Å². The lowest BCUT2D eigenvalue weighted by Crippen LogP contribution is -2.16. The van der Waals surface area contributed by atoms with Gasteiger partial charge in [0.2, 0.25) is 0 Å². The molecule has 0 saturated heterocycles. The summed E-state index contributed by atoms with van der Waals surface area (Å²) in [6, 6.07) is 4.84. The number of benzene rings is 1. The van der Waals surface area contributed by atoms with Gasteiger partial charge in [-0.05, 0) is 25.5 Å². The van der Waals surface area contributed by atoms with Crippen molar-refractivity contribution < 1.29 is 10.0 Å². The molecule has 5 nitrogen and oxygen atoms in total. The van der Waals surface area contributed by atoms with E-state index in [-0.39, 0.29) is 5.69 Å². The minimum atomic E-state index is -0.537. The highest BCUT2D eigenvalue weighted by Gasteiger charge is 2.13. The van der Waals surface area contributed by atoms with Gasteiger partial charge in [-0.15, -0.1) is 0 Å². The Bertz CT molecular complexity index is 364. The molecular formula is C10H14N2O3. The van der Waals surface area contributed by atoms with Gasteiger partial charge >= 0.3 is 0 Å². The fourth-order valence-corrected chi connectivity index (χ4v) is 1.21. The van der Waals surface area contributed by atoms with Gasteiger partial charge in [-0.25, -0.2) is 0 Å². The van der Waals surface area contributed by atoms with Gasteiger partial charge in [-0.2, -0.15) is 0 Å². The Labute approximate surface area is 87.9 Å². The number of anilines is 1. The molecule has 0 spiro atoms. The van der Waals surface area contributed by atoms with Gasteiger partial charge in [0, 0.05) is 12.6 Å². The number of aryl methyl sites for hydroxylation is 1. The summed E-state index contributed by atoms with van der Waals surface area (Å²) in [4.78, 5) is 10.2. The monoisotopic (exact) mass is 210 g/mol. The maximum absolute atomic E-state index is 10.7. The highest BCUT2D eigenvalue weighted by Crippen LogP contribution is 2.24. The molecule has 0 amide bonds. The minimum Gasteiger partial charge on any atom is -0.392 e. The van der Waals surface area contributed by atoms with Crippen molar-refractivity contribution >= 4 is 11.4 Å². The fourth-order valence-electron chi connectivity index (χ4n) is 1.21. The largest absolute Gasteiger partial charge is 0.392 e. The molecule has 1 aromatic rings. The molecule has 0 heterocycles. The van der Waals surface area contributed by atoms with Crippen LogP contribution in [0.2, 0.25) is 0 Å². The normalized spacial score (nSPS) is 12.2. The molecule has 1 aromatic carbocycles. The quantitative estimate of drug-likeness (QED) is 0.585. The molecule has 0 aliphatic rings. The molecule has 1 rings (SSSR count). The van der Waals surface area contributed by atoms with E-state index >= 15 is 0 Å². The zero-order valence-electron chi connectivity index (χ0n) is 8.73. The predicted molar refractivity (Wildman–Crippen MR) is 58.0 cm³/mol. The molecule has 1 atom stereocenters. The maximum Gasteiger partial charge on any atom is 0.292 e. The van der Waals surface area contributed by atoms with Crippen molar-refractivity contribution in [3.63, 3.8) is 0 Å². The molecule has 0 unspecified atom stereocenters. The van der Waals surface area contributed by atoms with E-state index in [1.54, 1.807) is 19.1 Å². The van der Waals surface area contributed by atoms with Crippen LogP contribution < -0.4 is 5.32 Å². The Morgan fingerprint density at radius 2 is 2.27 bits per heavy atom. The summed E-state index contributed by atoms with van der Waals surface area (Å²) in [5, 5.41) is 22.6. The van der Waals surface area contributed by atoms with Crippen molar-refractivity contribution in [2.24, 2.45) is 0 Å². The summed E-state index contributed by atoms with van der Waals surface area (Å²) in [6.07, 6.45) is -0.537. The number of hydrogen-bond donors (Lipinski definition) is 2. The number of hydrogen-bond acceptors (Lipinski definition) is 4. The number of nitro benzene ring substituents is 1. The Morgan fingerprint density at radius 3 is 2.80 bits per heavy atom. The lowest BCUT2D eigenvalue weighted by atomic mass is 10.2. The van der Waals surface area contributed by atoms with E-state index in [1.807, 2.05) is 6.92 Å². The van der Waals surface area contributed by atoms with Crippen LogP contribution >= 0.6 is 0 Å². The molecular weight excluding hydrogens is 196 g/mol. The molecule has 0 bridgehead atoms. The van der Waals surface area contributed by atoms with Crippen molar-refractivity contribution in [2.45, 2.75) is 20.0 Å². The average molecular weight is 210 g/mol. The molecule has 2 N–H and O–H groups in total. The summed E-state index contributed by atoms with van der Waals surface area (Å²) >= 11 is 0. The van der Waals surface area contributed by atoms with E-state index in [2.05, 4.69) is 5.32 Å². The molecule has 0 aromatic heterocycles. The molecule has 82 valence electrons. The van der Waals surface area contributed by atoms with Gasteiger partial charge in [0.1, 0.15) is 5.69 Å². The van der Waals surface area contributed by atoms with Crippen LogP contribution in [-0.2, 0) is 0 Å². The van der Waals surface area contributed by atoms with Crippen LogP contribution in [0.15, 0.2) is 18.2 Å². The average Bonchev–Trinajstić information content (AvgIpc) is 2.14. The van der Waals surface area contributed by atoms with E-state index in [9.17, 15) is 10.1 Å². The molecule has 5 heteroatoms. The number of nitro groups is 1. The third kappa shape index (κ3) is 3.21. The summed E-state index contributed by atoms with van der Waals surface area (Å²) in [6.45, 7) is 3.77. The maximum atomic E-state index is 10.7. The zero-order valence-corrected chi connectivity index (χ0v) is 8.73. The van der Waals surface area contributed by atoms with E-state index in [1.165, 1.54) is 6.07 Å². The van der Waals surface area contributed by atoms with Gasteiger partial charge in [0.25, 0.3) is 5.69 Å². The lowest BCUT2D eigenvalue weighted by molar-refractivity contribution is -0.384. The van der Waals surface area contributed by atoms with Crippen molar-refractivity contribution in [2.75, 3.05) is 11.9 Å². The van der Waals surface area contributed by atoms with E-state index in [0.717, 1.165) is 5.56 Å². The molecule has 0 fully saturated rings. The van der Waals surface area contributed by atoms with Crippen molar-refractivity contribution in [1.82, 2.24) is 0 Å². The molecule has 0 saturated carbocycles. The SMILES string of the molecule is Cc1ccc([N+](=O)[O-])c(NC[C@H](C)O)c1. The number of aliphatic hydroxyl groups excluding tert-OH is 1. The van der Waals surface area contributed by atoms with Gasteiger partial charge in [-0.3, -0.25) is 10.1 Å². The molecule has 0 radical (unpaired) electrons. The second-order valence-corrected chi connectivity index (χ2v) is 3.51. The Hall–Kier alpha value is -1.62. The van der Waals surface area contributed by atoms with Gasteiger partial charge < -0.3 is 10.4 Å². The molecule has 0 aliphatic heterocycles. The van der Waals surface area contributed by atoms with Crippen LogP contribution in [0.1, 0.15) is 12.5 Å². The lowest BCUT2D eigenvalue weighted by Gasteiger charge is -2.09. The van der Waals surface area contributed by atoms with E-state index in [4.69, 9.17) is 5.11 Å². The summed E-state index contributed by atoms with van der Waals surface area (Å²) in [5.41, 5.74) is 1.41. The Balaban J connectivity index is 2.92. The third-order valence-electron chi connectivity index (χ3n) is 1.94. The van der Waals surface area contributed by atoms with Gasteiger partial charge in [0.05, 0.1) is 11.0 Å². The highest BCUT2D eigenvalue weighted by molar-refractivity contribution is 5.62. The second kappa shape index (κ2) is 4.75. The number of aliphatic hydroxyl groups is 1. The summed E-state index contributed by atoms with van der Waals surface area (Å²) in [5.74, 6) is 0. The molecule has 15 heavy (non-hydrogen) atoms. The van der Waals surface area contributed by atoms with Crippen molar-refractivity contribution in [3.8, 4) is 0 Å². The van der Waals surface area contributed by atoms with Crippen LogP contribution in [0.5, 0.6) is 0 Å². The Kier molecular flexibility index (Phi) is 3.62. The van der Waals surface area contributed by atoms with Crippen LogP contribution in [0.4, 0.5) is 11.4 Å². The zero-order chi connectivity index (χ0) is 11.4. The fraction of sp³-hybridized carbons (Fsp3) is 0.400. The second-order valence-electron chi connectivity index (χ2n) is 3.51. The number of nitrogens with one attached hydrogen (secondary N) is 1. The predicted octanol–water partition coefficient (Wildman–Crippen LogP) is 1.70.